The molecule has 160 valence electrons. The summed E-state index contributed by atoms with van der Waals surface area (Å²) in [6, 6.07) is 13.9. The Morgan fingerprint density at radius 1 is 0.938 bits per heavy atom. The summed E-state index contributed by atoms with van der Waals surface area (Å²) in [5.41, 5.74) is 9.86. The summed E-state index contributed by atoms with van der Waals surface area (Å²) in [4.78, 5) is 0. The van der Waals surface area contributed by atoms with Crippen LogP contribution in [-0.4, -0.2) is 10.7 Å². The lowest BCUT2D eigenvalue weighted by molar-refractivity contribution is 0.206. The topological polar surface area (TPSA) is 14.2 Å². The fraction of sp³-hybridized carbons (Fsp3) is 0.333. The fourth-order valence-corrected chi connectivity index (χ4v) is 6.38. The number of aromatic nitrogens is 1. The van der Waals surface area contributed by atoms with Crippen LogP contribution in [0.1, 0.15) is 66.8 Å². The monoisotopic (exact) mass is 419 g/mol. The number of nitrogens with zero attached hydrogens (tertiary/aromatic N) is 1. The van der Waals surface area contributed by atoms with Gasteiger partial charge in [0.05, 0.1) is 5.52 Å². The molecule has 0 N–H and O–H groups in total. The van der Waals surface area contributed by atoms with Crippen LogP contribution in [0, 0.1) is 0 Å². The minimum Gasteiger partial charge on any atom is -0.488 e. The second-order valence-corrected chi connectivity index (χ2v) is 9.74. The second-order valence-electron chi connectivity index (χ2n) is 9.74. The molecule has 2 nitrogen and oxygen atoms in total. The maximum Gasteiger partial charge on any atom is 0.133 e. The van der Waals surface area contributed by atoms with Gasteiger partial charge in [-0.25, -0.2) is 0 Å². The summed E-state index contributed by atoms with van der Waals surface area (Å²) in [7, 11) is 0. The highest BCUT2D eigenvalue weighted by atomic mass is 16.5. The van der Waals surface area contributed by atoms with Crippen molar-refractivity contribution in [3.05, 3.63) is 89.2 Å². The number of hydrogen-bond donors (Lipinski definition) is 0. The highest BCUT2D eigenvalue weighted by Crippen LogP contribution is 2.50. The molecule has 32 heavy (non-hydrogen) atoms. The number of hydrogen-bond acceptors (Lipinski definition) is 1. The number of fused-ring (bicyclic) bond motifs is 7. The predicted octanol–water partition coefficient (Wildman–Crippen LogP) is 7.44. The number of rotatable bonds is 2. The minimum absolute atomic E-state index is 0.317. The van der Waals surface area contributed by atoms with Crippen LogP contribution in [0.15, 0.2) is 66.8 Å². The Bertz CT molecular complexity index is 1320. The van der Waals surface area contributed by atoms with Gasteiger partial charge in [0, 0.05) is 28.2 Å². The van der Waals surface area contributed by atoms with Crippen molar-refractivity contribution in [2.75, 3.05) is 0 Å². The molecular weight excluding hydrogens is 390 g/mol. The third-order valence-electron chi connectivity index (χ3n) is 7.90. The van der Waals surface area contributed by atoms with Crippen molar-refractivity contribution >= 4 is 16.5 Å². The third kappa shape index (κ3) is 2.71. The number of aryl methyl sites for hydroxylation is 1. The smallest absolute Gasteiger partial charge is 0.133 e. The fourth-order valence-electron chi connectivity index (χ4n) is 6.38. The quantitative estimate of drug-likeness (QED) is 0.394. The standard InChI is InChI=1S/C30H29NO/c1-2-9-20(10-3-1)21-11-8-12-22(19-21)31-26-15-6-4-14-25(26)29-27(31)18-17-24-23-13-5-7-16-28(23)32-30(24)29/h1-2,5,8-9,11-13,17-19,23,28H,3-4,6-7,10,14-16H2. The van der Waals surface area contributed by atoms with E-state index in [2.05, 4.69) is 71.3 Å². The van der Waals surface area contributed by atoms with E-state index in [0.29, 0.717) is 12.0 Å². The van der Waals surface area contributed by atoms with Crippen LogP contribution in [0.25, 0.3) is 22.2 Å². The average molecular weight is 420 g/mol. The Morgan fingerprint density at radius 2 is 1.91 bits per heavy atom. The van der Waals surface area contributed by atoms with Gasteiger partial charge >= 0.3 is 0 Å². The van der Waals surface area contributed by atoms with E-state index in [1.807, 2.05) is 0 Å². The lowest BCUT2D eigenvalue weighted by Gasteiger charge is -2.19. The van der Waals surface area contributed by atoms with Crippen LogP contribution < -0.4 is 4.74 Å². The van der Waals surface area contributed by atoms with Crippen molar-refractivity contribution in [2.45, 2.75) is 63.4 Å². The van der Waals surface area contributed by atoms with Gasteiger partial charge in [0.25, 0.3) is 0 Å². The number of ether oxygens (including phenoxy) is 1. The zero-order valence-corrected chi connectivity index (χ0v) is 18.5. The Morgan fingerprint density at radius 3 is 2.84 bits per heavy atom. The highest BCUT2D eigenvalue weighted by molar-refractivity contribution is 5.95. The van der Waals surface area contributed by atoms with Crippen molar-refractivity contribution in [3.8, 4) is 11.4 Å². The van der Waals surface area contributed by atoms with Crippen molar-refractivity contribution in [1.29, 1.82) is 0 Å². The van der Waals surface area contributed by atoms with Gasteiger partial charge in [0.1, 0.15) is 11.9 Å². The first-order chi connectivity index (χ1) is 15.9. The maximum absolute atomic E-state index is 6.68. The van der Waals surface area contributed by atoms with Crippen LogP contribution >= 0.6 is 0 Å². The molecule has 0 fully saturated rings. The molecule has 2 atom stereocenters. The summed E-state index contributed by atoms with van der Waals surface area (Å²) < 4.78 is 9.23. The molecule has 2 heteroatoms. The first kappa shape index (κ1) is 18.6. The minimum atomic E-state index is 0.317. The van der Waals surface area contributed by atoms with E-state index in [1.165, 1.54) is 69.6 Å². The van der Waals surface area contributed by atoms with Crippen LogP contribution in [-0.2, 0) is 12.8 Å². The molecule has 0 amide bonds. The molecule has 3 aromatic rings. The largest absolute Gasteiger partial charge is 0.488 e. The van der Waals surface area contributed by atoms with E-state index in [-0.39, 0.29) is 0 Å². The van der Waals surface area contributed by atoms with Gasteiger partial charge in [-0.1, -0.05) is 48.6 Å². The molecule has 2 heterocycles. The lowest BCUT2D eigenvalue weighted by atomic mass is 9.87. The SMILES string of the molecule is C1=CCCC(c2cccc(-n3c4c(c5c6c(ccc53)C3C=CCCC3O6)CCCC4)c2)=C1. The van der Waals surface area contributed by atoms with Gasteiger partial charge in [-0.3, -0.25) is 0 Å². The van der Waals surface area contributed by atoms with Crippen molar-refractivity contribution < 1.29 is 4.74 Å². The first-order valence-electron chi connectivity index (χ1n) is 12.4. The van der Waals surface area contributed by atoms with E-state index in [4.69, 9.17) is 4.74 Å². The summed E-state index contributed by atoms with van der Waals surface area (Å²) >= 11 is 0. The summed E-state index contributed by atoms with van der Waals surface area (Å²) in [6.07, 6.45) is 21.2. The van der Waals surface area contributed by atoms with Gasteiger partial charge in [-0.05, 0) is 86.3 Å². The molecule has 7 rings (SSSR count). The number of allylic oxidation sites excluding steroid dienone is 5. The van der Waals surface area contributed by atoms with Gasteiger partial charge in [-0.2, -0.15) is 0 Å². The predicted molar refractivity (Wildman–Crippen MR) is 132 cm³/mol. The van der Waals surface area contributed by atoms with Crippen LogP contribution in [0.2, 0.25) is 0 Å². The number of benzene rings is 2. The van der Waals surface area contributed by atoms with E-state index in [1.54, 1.807) is 0 Å². The van der Waals surface area contributed by atoms with Gasteiger partial charge in [0.2, 0.25) is 0 Å². The molecule has 3 aliphatic carbocycles. The lowest BCUT2D eigenvalue weighted by Crippen LogP contribution is -2.19. The average Bonchev–Trinajstić information content (AvgIpc) is 3.40. The molecule has 0 saturated carbocycles. The molecule has 2 aromatic carbocycles. The molecular formula is C30H29NO. The van der Waals surface area contributed by atoms with E-state index in [0.717, 1.165) is 32.1 Å². The summed E-state index contributed by atoms with van der Waals surface area (Å²) in [6.45, 7) is 0. The Balaban J connectivity index is 1.44. The summed E-state index contributed by atoms with van der Waals surface area (Å²) in [5, 5.41) is 1.39. The Kier molecular flexibility index (Phi) is 4.21. The van der Waals surface area contributed by atoms with Crippen molar-refractivity contribution in [3.63, 3.8) is 0 Å². The molecule has 0 bridgehead atoms. The molecule has 0 spiro atoms. The normalized spacial score (nSPS) is 23.4. The second kappa shape index (κ2) is 7.27. The molecule has 1 aliphatic heterocycles. The first-order valence-corrected chi connectivity index (χ1v) is 12.4. The van der Waals surface area contributed by atoms with Gasteiger partial charge < -0.3 is 9.30 Å². The third-order valence-corrected chi connectivity index (χ3v) is 7.90. The zero-order valence-electron chi connectivity index (χ0n) is 18.5. The molecule has 1 aromatic heterocycles. The molecule has 2 unspecified atom stereocenters. The molecule has 0 saturated heterocycles. The van der Waals surface area contributed by atoms with Crippen LogP contribution in [0.5, 0.6) is 5.75 Å². The van der Waals surface area contributed by atoms with Gasteiger partial charge in [-0.15, -0.1) is 0 Å². The van der Waals surface area contributed by atoms with Crippen molar-refractivity contribution in [1.82, 2.24) is 4.57 Å². The van der Waals surface area contributed by atoms with E-state index in [9.17, 15) is 0 Å². The summed E-state index contributed by atoms with van der Waals surface area (Å²) in [5.74, 6) is 1.61. The molecule has 0 radical (unpaired) electrons. The van der Waals surface area contributed by atoms with E-state index >= 15 is 0 Å². The Labute approximate surface area is 189 Å². The maximum atomic E-state index is 6.68. The highest BCUT2D eigenvalue weighted by Gasteiger charge is 2.37. The zero-order chi connectivity index (χ0) is 21.1. The van der Waals surface area contributed by atoms with Crippen molar-refractivity contribution in [2.24, 2.45) is 0 Å². The molecule has 4 aliphatic rings. The van der Waals surface area contributed by atoms with Crippen LogP contribution in [0.4, 0.5) is 0 Å². The van der Waals surface area contributed by atoms with E-state index < -0.39 is 0 Å². The van der Waals surface area contributed by atoms with Gasteiger partial charge in [0.15, 0.2) is 0 Å². The Hall–Kier alpha value is -3.00. The van der Waals surface area contributed by atoms with Crippen LogP contribution in [0.3, 0.4) is 0 Å².